The van der Waals surface area contributed by atoms with Crippen LogP contribution in [0.5, 0.6) is 0 Å². The largest absolute Gasteiger partial charge is 0.435 e. The fraction of sp³-hybridized carbons (Fsp3) is 0. The highest BCUT2D eigenvalue weighted by Gasteiger charge is 2.20. The van der Waals surface area contributed by atoms with E-state index in [9.17, 15) is 0 Å². The molecule has 0 aliphatic rings. The Morgan fingerprint density at radius 1 is 0.375 bits per heavy atom. The van der Waals surface area contributed by atoms with Gasteiger partial charge in [0.1, 0.15) is 5.52 Å². The van der Waals surface area contributed by atoms with Crippen molar-refractivity contribution in [2.45, 2.75) is 0 Å². The molecule has 0 N–H and O–H groups in total. The molecule has 0 atom stereocenters. The lowest BCUT2D eigenvalue weighted by Crippen LogP contribution is -2.11. The maximum absolute atomic E-state index is 6.61. The molecule has 262 valence electrons. The van der Waals surface area contributed by atoms with Crippen LogP contribution in [0.4, 0.5) is 17.1 Å². The maximum atomic E-state index is 6.61. The van der Waals surface area contributed by atoms with Crippen LogP contribution in [-0.4, -0.2) is 4.98 Å². The lowest BCUT2D eigenvalue weighted by Gasteiger charge is -2.28. The Bertz CT molecular complexity index is 3240. The number of benzene rings is 10. The average Bonchev–Trinajstić information content (AvgIpc) is 3.72. The molecule has 0 radical (unpaired) electrons. The molecule has 1 aromatic heterocycles. The SMILES string of the molecule is c1ccc(-c2cccc(N(c3ccc4c(ccc5ccc6ccc7nc(-c8ccccc8)oc7c6c54)c3)c3ccc(-c4ccccc4)c4ccccc34)c2)cc1. The third-order valence-electron chi connectivity index (χ3n) is 11.0. The summed E-state index contributed by atoms with van der Waals surface area (Å²) in [6.45, 7) is 0. The molecule has 0 aliphatic carbocycles. The zero-order chi connectivity index (χ0) is 37.0. The first-order chi connectivity index (χ1) is 27.8. The van der Waals surface area contributed by atoms with E-state index in [0.717, 1.165) is 55.3 Å². The van der Waals surface area contributed by atoms with Gasteiger partial charge < -0.3 is 9.32 Å². The van der Waals surface area contributed by atoms with E-state index in [2.05, 4.69) is 181 Å². The Labute approximate surface area is 324 Å². The second-order valence-electron chi connectivity index (χ2n) is 14.3. The molecule has 56 heavy (non-hydrogen) atoms. The van der Waals surface area contributed by atoms with Crippen molar-refractivity contribution in [2.75, 3.05) is 4.90 Å². The average molecular weight is 715 g/mol. The van der Waals surface area contributed by atoms with Gasteiger partial charge in [-0.05, 0) is 97.7 Å². The topological polar surface area (TPSA) is 29.3 Å². The van der Waals surface area contributed by atoms with E-state index >= 15 is 0 Å². The minimum Gasteiger partial charge on any atom is -0.435 e. The number of hydrogen-bond donors (Lipinski definition) is 0. The quantitative estimate of drug-likeness (QED) is 0.161. The first-order valence-corrected chi connectivity index (χ1v) is 19.0. The summed E-state index contributed by atoms with van der Waals surface area (Å²) in [4.78, 5) is 7.34. The van der Waals surface area contributed by atoms with E-state index in [1.165, 1.54) is 43.8 Å². The summed E-state index contributed by atoms with van der Waals surface area (Å²) in [5.41, 5.74) is 10.7. The molecule has 0 saturated heterocycles. The molecule has 11 aromatic rings. The van der Waals surface area contributed by atoms with Gasteiger partial charge in [-0.3, -0.25) is 0 Å². The van der Waals surface area contributed by atoms with E-state index in [4.69, 9.17) is 9.40 Å². The number of nitrogens with zero attached hydrogens (tertiary/aromatic N) is 2. The first kappa shape index (κ1) is 32.0. The molecule has 0 bridgehead atoms. The minimum atomic E-state index is 0.631. The summed E-state index contributed by atoms with van der Waals surface area (Å²) in [7, 11) is 0. The Morgan fingerprint density at radius 3 is 1.75 bits per heavy atom. The minimum absolute atomic E-state index is 0.631. The molecule has 0 aliphatic heterocycles. The molecule has 0 amide bonds. The van der Waals surface area contributed by atoms with Gasteiger partial charge in [0.2, 0.25) is 5.89 Å². The van der Waals surface area contributed by atoms with E-state index < -0.39 is 0 Å². The fourth-order valence-corrected chi connectivity index (χ4v) is 8.41. The van der Waals surface area contributed by atoms with Crippen LogP contribution >= 0.6 is 0 Å². The summed E-state index contributed by atoms with van der Waals surface area (Å²) in [6.07, 6.45) is 0. The van der Waals surface area contributed by atoms with Crippen molar-refractivity contribution >= 4 is 71.3 Å². The summed E-state index contributed by atoms with van der Waals surface area (Å²) >= 11 is 0. The van der Waals surface area contributed by atoms with Gasteiger partial charge in [0, 0.05) is 33.1 Å². The van der Waals surface area contributed by atoms with Gasteiger partial charge in [0.05, 0.1) is 5.69 Å². The van der Waals surface area contributed by atoms with E-state index in [0.29, 0.717) is 5.89 Å². The monoisotopic (exact) mass is 714 g/mol. The summed E-state index contributed by atoms with van der Waals surface area (Å²) in [5, 5.41) is 9.27. The van der Waals surface area contributed by atoms with Crippen LogP contribution in [0.15, 0.2) is 211 Å². The molecule has 10 aromatic carbocycles. The van der Waals surface area contributed by atoms with Crippen LogP contribution in [-0.2, 0) is 0 Å². The molecular formula is C53H34N2O. The second-order valence-corrected chi connectivity index (χ2v) is 14.3. The molecule has 0 fully saturated rings. The highest BCUT2D eigenvalue weighted by molar-refractivity contribution is 6.26. The van der Waals surface area contributed by atoms with Crippen molar-refractivity contribution in [3.63, 3.8) is 0 Å². The third kappa shape index (κ3) is 5.32. The maximum Gasteiger partial charge on any atom is 0.227 e. The van der Waals surface area contributed by atoms with Gasteiger partial charge in [-0.1, -0.05) is 158 Å². The normalized spacial score (nSPS) is 11.6. The van der Waals surface area contributed by atoms with Crippen LogP contribution in [0, 0.1) is 0 Å². The van der Waals surface area contributed by atoms with Crippen molar-refractivity contribution < 1.29 is 4.42 Å². The predicted octanol–water partition coefficient (Wildman–Crippen LogP) is 14.9. The van der Waals surface area contributed by atoms with Crippen LogP contribution < -0.4 is 4.90 Å². The molecular weight excluding hydrogens is 681 g/mol. The van der Waals surface area contributed by atoms with Crippen LogP contribution in [0.25, 0.3) is 87.9 Å². The van der Waals surface area contributed by atoms with Crippen LogP contribution in [0.2, 0.25) is 0 Å². The fourth-order valence-electron chi connectivity index (χ4n) is 8.41. The number of anilines is 3. The van der Waals surface area contributed by atoms with Crippen LogP contribution in [0.3, 0.4) is 0 Å². The van der Waals surface area contributed by atoms with Gasteiger partial charge >= 0.3 is 0 Å². The second kappa shape index (κ2) is 13.1. The lowest BCUT2D eigenvalue weighted by molar-refractivity contribution is 0.623. The number of rotatable bonds is 6. The van der Waals surface area contributed by atoms with E-state index in [1.54, 1.807) is 0 Å². The smallest absolute Gasteiger partial charge is 0.227 e. The third-order valence-corrected chi connectivity index (χ3v) is 11.0. The molecule has 3 nitrogen and oxygen atoms in total. The Kier molecular flexibility index (Phi) is 7.49. The Balaban J connectivity index is 1.14. The zero-order valence-corrected chi connectivity index (χ0v) is 30.4. The number of oxazole rings is 1. The molecule has 0 saturated carbocycles. The highest BCUT2D eigenvalue weighted by atomic mass is 16.3. The number of fused-ring (bicyclic) bond motifs is 8. The van der Waals surface area contributed by atoms with Crippen molar-refractivity contribution in [3.05, 3.63) is 206 Å². The van der Waals surface area contributed by atoms with Crippen LogP contribution in [0.1, 0.15) is 0 Å². The molecule has 1 heterocycles. The van der Waals surface area contributed by atoms with Crippen molar-refractivity contribution in [1.82, 2.24) is 4.98 Å². The van der Waals surface area contributed by atoms with Gasteiger partial charge in [0.15, 0.2) is 5.58 Å². The lowest BCUT2D eigenvalue weighted by atomic mass is 9.94. The molecule has 0 unspecified atom stereocenters. The van der Waals surface area contributed by atoms with Crippen molar-refractivity contribution in [3.8, 4) is 33.7 Å². The number of hydrogen-bond acceptors (Lipinski definition) is 3. The van der Waals surface area contributed by atoms with Crippen molar-refractivity contribution in [1.29, 1.82) is 0 Å². The van der Waals surface area contributed by atoms with E-state index in [-0.39, 0.29) is 0 Å². The molecule has 3 heteroatoms. The highest BCUT2D eigenvalue weighted by Crippen LogP contribution is 2.45. The summed E-state index contributed by atoms with van der Waals surface area (Å²) < 4.78 is 6.61. The van der Waals surface area contributed by atoms with Crippen molar-refractivity contribution in [2.24, 2.45) is 0 Å². The van der Waals surface area contributed by atoms with Gasteiger partial charge in [-0.15, -0.1) is 0 Å². The molecule has 11 rings (SSSR count). The standard InChI is InChI=1S/C53H34N2O/c1-4-13-35(14-5-1)40-19-12-20-42(33-40)55(49-32-30-44(36-15-6-2-7-16-36)46-21-10-11-22-47(46)49)43-28-29-45-41(34-43)26-25-37-23-24-38-27-31-48-52(51(38)50(37)45)56-53(54-48)39-17-8-3-9-18-39/h1-34H. The predicted molar refractivity (Wildman–Crippen MR) is 235 cm³/mol. The zero-order valence-electron chi connectivity index (χ0n) is 30.4. The number of aromatic nitrogens is 1. The first-order valence-electron chi connectivity index (χ1n) is 19.0. The summed E-state index contributed by atoms with van der Waals surface area (Å²) in [5.74, 6) is 0.631. The van der Waals surface area contributed by atoms with Gasteiger partial charge in [0.25, 0.3) is 0 Å². The van der Waals surface area contributed by atoms with Gasteiger partial charge in [-0.2, -0.15) is 0 Å². The Morgan fingerprint density at radius 2 is 0.982 bits per heavy atom. The summed E-state index contributed by atoms with van der Waals surface area (Å²) in [6, 6.07) is 73.6. The van der Waals surface area contributed by atoms with Gasteiger partial charge in [-0.25, -0.2) is 4.98 Å². The molecule has 0 spiro atoms. The van der Waals surface area contributed by atoms with E-state index in [1.807, 2.05) is 30.3 Å². The Hall–Kier alpha value is -7.49.